The van der Waals surface area contributed by atoms with Crippen LogP contribution >= 0.6 is 0 Å². The van der Waals surface area contributed by atoms with Crippen molar-refractivity contribution in [1.29, 1.82) is 0 Å². The number of amides is 2. The Morgan fingerprint density at radius 2 is 1.76 bits per heavy atom. The first-order chi connectivity index (χ1) is 17.3. The maximum Gasteiger partial charge on any atom is 0.419 e. The molecular weight excluding hydrogens is 476 g/mol. The van der Waals surface area contributed by atoms with E-state index in [0.717, 1.165) is 10.6 Å². The van der Waals surface area contributed by atoms with Crippen LogP contribution in [0.2, 0.25) is 0 Å². The molecule has 2 amide bonds. The number of imidazole rings is 1. The van der Waals surface area contributed by atoms with Crippen LogP contribution in [0.5, 0.6) is 0 Å². The minimum atomic E-state index is -0.855. The minimum Gasteiger partial charge on any atom is -0.465 e. The molecule has 1 aliphatic carbocycles. The molecule has 0 bridgehead atoms. The summed E-state index contributed by atoms with van der Waals surface area (Å²) < 4.78 is 18.1. The van der Waals surface area contributed by atoms with Crippen molar-refractivity contribution in [2.75, 3.05) is 13.2 Å². The second-order valence-electron chi connectivity index (χ2n) is 11.2. The molecule has 1 saturated carbocycles. The number of hydrogen-bond donors (Lipinski definition) is 0. The van der Waals surface area contributed by atoms with Gasteiger partial charge in [0, 0.05) is 18.9 Å². The van der Waals surface area contributed by atoms with Crippen molar-refractivity contribution in [1.82, 2.24) is 19.4 Å². The SMILES string of the molecule is CCOC(=O)C1(c2cn(-c3cccnc3)cn2)CC1CCCN(C(=O)OC(C)(C)C)C(=O)OC(C)(C)C. The lowest BCUT2D eigenvalue weighted by molar-refractivity contribution is -0.146. The predicted molar refractivity (Wildman–Crippen MR) is 136 cm³/mol. The van der Waals surface area contributed by atoms with Crippen LogP contribution in [0.1, 0.15) is 73.4 Å². The van der Waals surface area contributed by atoms with Crippen LogP contribution in [-0.2, 0) is 24.4 Å². The van der Waals surface area contributed by atoms with Crippen molar-refractivity contribution in [3.05, 3.63) is 42.7 Å². The highest BCUT2D eigenvalue weighted by Crippen LogP contribution is 2.57. The molecule has 37 heavy (non-hydrogen) atoms. The number of nitrogens with zero attached hydrogens (tertiary/aromatic N) is 4. The number of ether oxygens (including phenoxy) is 3. The summed E-state index contributed by atoms with van der Waals surface area (Å²) in [5, 5.41) is 0. The molecule has 3 rings (SSSR count). The van der Waals surface area contributed by atoms with Crippen molar-refractivity contribution >= 4 is 18.2 Å². The maximum absolute atomic E-state index is 13.1. The summed E-state index contributed by atoms with van der Waals surface area (Å²) in [6.07, 6.45) is 7.01. The Morgan fingerprint density at radius 3 is 2.30 bits per heavy atom. The van der Waals surface area contributed by atoms with Gasteiger partial charge in [0.05, 0.1) is 30.5 Å². The van der Waals surface area contributed by atoms with Gasteiger partial charge in [0.15, 0.2) is 0 Å². The van der Waals surface area contributed by atoms with Crippen molar-refractivity contribution in [2.45, 2.75) is 84.3 Å². The largest absolute Gasteiger partial charge is 0.465 e. The van der Waals surface area contributed by atoms with E-state index in [1.165, 1.54) is 0 Å². The zero-order valence-electron chi connectivity index (χ0n) is 22.8. The molecule has 10 heteroatoms. The van der Waals surface area contributed by atoms with Gasteiger partial charge < -0.3 is 18.8 Å². The van der Waals surface area contributed by atoms with Gasteiger partial charge in [-0.3, -0.25) is 9.78 Å². The first-order valence-electron chi connectivity index (χ1n) is 12.6. The van der Waals surface area contributed by atoms with E-state index in [4.69, 9.17) is 14.2 Å². The van der Waals surface area contributed by atoms with E-state index < -0.39 is 28.8 Å². The smallest absolute Gasteiger partial charge is 0.419 e. The van der Waals surface area contributed by atoms with Crippen molar-refractivity contribution in [2.24, 2.45) is 5.92 Å². The van der Waals surface area contributed by atoms with E-state index in [1.807, 2.05) is 22.9 Å². The lowest BCUT2D eigenvalue weighted by Gasteiger charge is -2.28. The zero-order chi connectivity index (χ0) is 27.4. The topological polar surface area (TPSA) is 113 Å². The number of pyridine rings is 1. The lowest BCUT2D eigenvalue weighted by atomic mass is 9.97. The monoisotopic (exact) mass is 514 g/mol. The van der Waals surface area contributed by atoms with E-state index in [1.54, 1.807) is 67.2 Å². The quantitative estimate of drug-likeness (QED) is 0.356. The molecule has 202 valence electrons. The fourth-order valence-corrected chi connectivity index (χ4v) is 4.19. The molecule has 2 aromatic heterocycles. The van der Waals surface area contributed by atoms with E-state index in [0.29, 0.717) is 25.0 Å². The second kappa shape index (κ2) is 10.9. The molecule has 10 nitrogen and oxygen atoms in total. The molecule has 0 aliphatic heterocycles. The van der Waals surface area contributed by atoms with E-state index >= 15 is 0 Å². The van der Waals surface area contributed by atoms with E-state index in [-0.39, 0.29) is 25.0 Å². The molecule has 2 heterocycles. The summed E-state index contributed by atoms with van der Waals surface area (Å²) in [6, 6.07) is 3.74. The number of carbonyl (C=O) groups is 3. The highest BCUT2D eigenvalue weighted by molar-refractivity contribution is 5.88. The Morgan fingerprint density at radius 1 is 1.11 bits per heavy atom. The van der Waals surface area contributed by atoms with Crippen LogP contribution in [0.15, 0.2) is 37.1 Å². The zero-order valence-corrected chi connectivity index (χ0v) is 22.8. The van der Waals surface area contributed by atoms with Crippen LogP contribution in [0, 0.1) is 5.92 Å². The molecule has 1 aliphatic rings. The first kappa shape index (κ1) is 28.1. The van der Waals surface area contributed by atoms with Crippen LogP contribution < -0.4 is 0 Å². The number of imide groups is 1. The molecule has 2 unspecified atom stereocenters. The number of carbonyl (C=O) groups excluding carboxylic acids is 3. The number of rotatable bonds is 8. The molecule has 2 aromatic rings. The Balaban J connectivity index is 1.73. The molecule has 1 fully saturated rings. The summed E-state index contributed by atoms with van der Waals surface area (Å²) in [5.74, 6) is -0.351. The lowest BCUT2D eigenvalue weighted by Crippen LogP contribution is -2.44. The van der Waals surface area contributed by atoms with Crippen molar-refractivity contribution in [3.8, 4) is 5.69 Å². The minimum absolute atomic E-state index is 0.0390. The third kappa shape index (κ3) is 7.08. The maximum atomic E-state index is 13.1. The fraction of sp³-hybridized carbons (Fsp3) is 0.593. The number of esters is 1. The van der Waals surface area contributed by atoms with Crippen molar-refractivity contribution in [3.63, 3.8) is 0 Å². The van der Waals surface area contributed by atoms with Gasteiger partial charge in [-0.05, 0) is 85.8 Å². The van der Waals surface area contributed by atoms with Gasteiger partial charge in [-0.2, -0.15) is 0 Å². The van der Waals surface area contributed by atoms with E-state index in [9.17, 15) is 14.4 Å². The van der Waals surface area contributed by atoms with Gasteiger partial charge in [0.1, 0.15) is 16.6 Å². The fourth-order valence-electron chi connectivity index (χ4n) is 4.19. The van der Waals surface area contributed by atoms with Gasteiger partial charge in [-0.1, -0.05) is 0 Å². The van der Waals surface area contributed by atoms with Crippen LogP contribution in [0.4, 0.5) is 9.59 Å². The van der Waals surface area contributed by atoms with Crippen LogP contribution in [0.3, 0.4) is 0 Å². The Hall–Kier alpha value is -3.43. The van der Waals surface area contributed by atoms with Crippen molar-refractivity contribution < 1.29 is 28.6 Å². The molecule has 0 radical (unpaired) electrons. The average Bonchev–Trinajstić information content (AvgIpc) is 3.30. The van der Waals surface area contributed by atoms with Crippen LogP contribution in [0.25, 0.3) is 5.69 Å². The van der Waals surface area contributed by atoms with E-state index in [2.05, 4.69) is 9.97 Å². The molecule has 0 N–H and O–H groups in total. The molecular formula is C27H38N4O6. The van der Waals surface area contributed by atoms with Gasteiger partial charge in [-0.25, -0.2) is 19.5 Å². The van der Waals surface area contributed by atoms with Gasteiger partial charge in [0.2, 0.25) is 0 Å². The highest BCUT2D eigenvalue weighted by atomic mass is 16.6. The summed E-state index contributed by atoms with van der Waals surface area (Å²) in [4.78, 5) is 48.3. The Kier molecular flexibility index (Phi) is 8.29. The Labute approximate surface area is 218 Å². The van der Waals surface area contributed by atoms with Gasteiger partial charge >= 0.3 is 18.2 Å². The molecule has 0 spiro atoms. The van der Waals surface area contributed by atoms with Gasteiger partial charge in [-0.15, -0.1) is 0 Å². The number of hydrogen-bond acceptors (Lipinski definition) is 8. The third-order valence-corrected chi connectivity index (χ3v) is 5.89. The molecule has 0 aromatic carbocycles. The summed E-state index contributed by atoms with van der Waals surface area (Å²) in [5.41, 5.74) is -0.912. The predicted octanol–water partition coefficient (Wildman–Crippen LogP) is 5.04. The normalized spacial score (nSPS) is 19.2. The average molecular weight is 515 g/mol. The molecule has 2 atom stereocenters. The standard InChI is InChI=1S/C27H38N4O6/c1-8-35-22(32)27(21-17-30(18-29-21)20-12-9-13-28-16-20)15-19(27)11-10-14-31(23(33)36-25(2,3)4)24(34)37-26(5,6)7/h9,12-13,16-19H,8,10-11,14-15H2,1-7H3. The summed E-state index contributed by atoms with van der Waals surface area (Å²) in [7, 11) is 0. The molecule has 0 saturated heterocycles. The first-order valence-corrected chi connectivity index (χ1v) is 12.6. The van der Waals surface area contributed by atoms with Gasteiger partial charge in [0.25, 0.3) is 0 Å². The van der Waals surface area contributed by atoms with Crippen LogP contribution in [-0.4, -0.2) is 61.9 Å². The Bertz CT molecular complexity index is 1070. The number of aromatic nitrogens is 3. The second-order valence-corrected chi connectivity index (χ2v) is 11.2. The third-order valence-electron chi connectivity index (χ3n) is 5.89. The summed E-state index contributed by atoms with van der Waals surface area (Å²) >= 11 is 0. The highest BCUT2D eigenvalue weighted by Gasteiger charge is 2.63. The summed E-state index contributed by atoms with van der Waals surface area (Å²) in [6.45, 7) is 12.6.